The summed E-state index contributed by atoms with van der Waals surface area (Å²) >= 11 is 0. The molecule has 0 radical (unpaired) electrons. The Morgan fingerprint density at radius 3 is 2.21 bits per heavy atom. The second kappa shape index (κ2) is 8.28. The maximum atomic E-state index is 14.1. The first-order chi connectivity index (χ1) is 16.0. The molecule has 0 aliphatic rings. The standard InChI is InChI=1S/C22H12F6N4O2/c23-21(24,25)15-7-4-10-29-17(15)12-8-9-14-16(11-12)30-18(20(33)34)31-19(14)32(22(26,27)28)13-5-2-1-3-6-13/h1-11H,(H,33,34). The number of fused-ring (bicyclic) bond motifs is 1. The summed E-state index contributed by atoms with van der Waals surface area (Å²) < 4.78 is 82.5. The quantitative estimate of drug-likeness (QED) is 0.284. The summed E-state index contributed by atoms with van der Waals surface area (Å²) in [6.07, 6.45) is -8.63. The van der Waals surface area contributed by atoms with Gasteiger partial charge in [-0.2, -0.15) is 13.2 Å². The van der Waals surface area contributed by atoms with Crippen molar-refractivity contribution in [3.8, 4) is 11.3 Å². The van der Waals surface area contributed by atoms with E-state index < -0.39 is 41.3 Å². The van der Waals surface area contributed by atoms with Crippen LogP contribution in [0.25, 0.3) is 22.2 Å². The van der Waals surface area contributed by atoms with Crippen molar-refractivity contribution in [1.29, 1.82) is 0 Å². The molecule has 4 rings (SSSR count). The molecule has 0 saturated heterocycles. The normalized spacial score (nSPS) is 12.1. The van der Waals surface area contributed by atoms with E-state index in [-0.39, 0.29) is 27.1 Å². The molecule has 174 valence electrons. The summed E-state index contributed by atoms with van der Waals surface area (Å²) in [4.78, 5) is 22.6. The molecule has 0 aliphatic carbocycles. The van der Waals surface area contributed by atoms with E-state index in [2.05, 4.69) is 15.0 Å². The molecule has 0 saturated carbocycles. The Morgan fingerprint density at radius 2 is 1.59 bits per heavy atom. The molecule has 0 fully saturated rings. The molecule has 2 aromatic heterocycles. The minimum atomic E-state index is -5.01. The molecule has 4 aromatic rings. The molecule has 34 heavy (non-hydrogen) atoms. The van der Waals surface area contributed by atoms with E-state index in [4.69, 9.17) is 0 Å². The highest BCUT2D eigenvalue weighted by atomic mass is 19.4. The van der Waals surface area contributed by atoms with Crippen LogP contribution in [0.4, 0.5) is 37.8 Å². The zero-order valence-electron chi connectivity index (χ0n) is 16.8. The average Bonchev–Trinajstić information content (AvgIpc) is 2.78. The first kappa shape index (κ1) is 23.0. The van der Waals surface area contributed by atoms with E-state index in [1.54, 1.807) is 0 Å². The lowest BCUT2D eigenvalue weighted by molar-refractivity contribution is -0.137. The lowest BCUT2D eigenvalue weighted by Gasteiger charge is -2.27. The van der Waals surface area contributed by atoms with Crippen LogP contribution in [0.15, 0.2) is 66.9 Å². The molecule has 0 spiro atoms. The smallest absolute Gasteiger partial charge is 0.475 e. The number of alkyl halides is 6. The molecular weight excluding hydrogens is 466 g/mol. The van der Waals surface area contributed by atoms with E-state index in [1.165, 1.54) is 18.2 Å². The van der Waals surface area contributed by atoms with Crippen LogP contribution in [0.3, 0.4) is 0 Å². The van der Waals surface area contributed by atoms with Gasteiger partial charge in [0.05, 0.1) is 22.5 Å². The largest absolute Gasteiger partial charge is 0.490 e. The number of hydrogen-bond acceptors (Lipinski definition) is 5. The number of anilines is 2. The molecule has 0 unspecified atom stereocenters. The van der Waals surface area contributed by atoms with Crippen LogP contribution < -0.4 is 4.90 Å². The van der Waals surface area contributed by atoms with Crippen LogP contribution in [-0.4, -0.2) is 32.3 Å². The van der Waals surface area contributed by atoms with Gasteiger partial charge >= 0.3 is 18.4 Å². The Labute approximate surface area is 187 Å². The van der Waals surface area contributed by atoms with Gasteiger partial charge < -0.3 is 5.11 Å². The Kier molecular flexibility index (Phi) is 5.59. The first-order valence-electron chi connectivity index (χ1n) is 9.46. The highest BCUT2D eigenvalue weighted by molar-refractivity contribution is 5.97. The van der Waals surface area contributed by atoms with Crippen LogP contribution in [0.1, 0.15) is 16.2 Å². The van der Waals surface area contributed by atoms with Gasteiger partial charge in [-0.3, -0.25) is 4.98 Å². The second-order valence-corrected chi connectivity index (χ2v) is 6.94. The molecule has 0 amide bonds. The van der Waals surface area contributed by atoms with E-state index >= 15 is 0 Å². The summed E-state index contributed by atoms with van der Waals surface area (Å²) in [5.41, 5.74) is -2.31. The second-order valence-electron chi connectivity index (χ2n) is 6.94. The number of aromatic carboxylic acids is 1. The number of halogens is 6. The minimum absolute atomic E-state index is 0.111. The van der Waals surface area contributed by atoms with Gasteiger partial charge in [0.25, 0.3) is 0 Å². The first-order valence-corrected chi connectivity index (χ1v) is 9.46. The van der Waals surface area contributed by atoms with Crippen LogP contribution >= 0.6 is 0 Å². The highest BCUT2D eigenvalue weighted by Crippen LogP contribution is 2.40. The van der Waals surface area contributed by atoms with Crippen molar-refractivity contribution in [1.82, 2.24) is 15.0 Å². The summed E-state index contributed by atoms with van der Waals surface area (Å²) in [6, 6.07) is 11.7. The van der Waals surface area contributed by atoms with Crippen molar-refractivity contribution in [2.45, 2.75) is 12.5 Å². The number of aromatic nitrogens is 3. The third-order valence-corrected chi connectivity index (χ3v) is 4.73. The molecule has 1 N–H and O–H groups in total. The predicted molar refractivity (Wildman–Crippen MR) is 109 cm³/mol. The van der Waals surface area contributed by atoms with E-state index in [0.717, 1.165) is 48.7 Å². The Morgan fingerprint density at radius 1 is 0.882 bits per heavy atom. The van der Waals surface area contributed by atoms with Crippen molar-refractivity contribution in [2.24, 2.45) is 0 Å². The van der Waals surface area contributed by atoms with Gasteiger partial charge in [-0.15, -0.1) is 13.2 Å². The number of hydrogen-bond donors (Lipinski definition) is 1. The van der Waals surface area contributed by atoms with E-state index in [0.29, 0.717) is 0 Å². The van der Waals surface area contributed by atoms with Crippen molar-refractivity contribution in [2.75, 3.05) is 4.90 Å². The van der Waals surface area contributed by atoms with E-state index in [9.17, 15) is 36.2 Å². The van der Waals surface area contributed by atoms with Crippen molar-refractivity contribution >= 4 is 28.4 Å². The fourth-order valence-corrected chi connectivity index (χ4v) is 3.36. The monoisotopic (exact) mass is 478 g/mol. The van der Waals surface area contributed by atoms with Crippen LogP contribution in [0, 0.1) is 0 Å². The SMILES string of the molecule is O=C(O)c1nc(N(c2ccccc2)C(F)(F)F)c2ccc(-c3ncccc3C(F)(F)F)cc2n1. The maximum Gasteiger partial charge on any atom is 0.490 e. The van der Waals surface area contributed by atoms with Crippen LogP contribution in [0.5, 0.6) is 0 Å². The fraction of sp³-hybridized carbons (Fsp3) is 0.0909. The zero-order valence-corrected chi connectivity index (χ0v) is 16.8. The Hall–Kier alpha value is -4.22. The van der Waals surface area contributed by atoms with Gasteiger partial charge in [0, 0.05) is 17.1 Å². The predicted octanol–water partition coefficient (Wildman–Crippen LogP) is 6.07. The number of benzene rings is 2. The third-order valence-electron chi connectivity index (χ3n) is 4.73. The fourth-order valence-electron chi connectivity index (χ4n) is 3.36. The lowest BCUT2D eigenvalue weighted by Crippen LogP contribution is -2.35. The van der Waals surface area contributed by atoms with Crippen LogP contribution in [0.2, 0.25) is 0 Å². The minimum Gasteiger partial charge on any atom is -0.475 e. The maximum absolute atomic E-state index is 14.1. The van der Waals surface area contributed by atoms with Crippen LogP contribution in [-0.2, 0) is 6.18 Å². The average molecular weight is 478 g/mol. The van der Waals surface area contributed by atoms with Gasteiger partial charge in [0.2, 0.25) is 5.82 Å². The number of pyridine rings is 1. The van der Waals surface area contributed by atoms with Crippen molar-refractivity contribution in [3.63, 3.8) is 0 Å². The number of carboxylic acids is 1. The van der Waals surface area contributed by atoms with Crippen molar-refractivity contribution < 1.29 is 36.2 Å². The van der Waals surface area contributed by atoms with E-state index in [1.807, 2.05) is 0 Å². The molecule has 12 heteroatoms. The Bertz CT molecular complexity index is 1370. The molecule has 6 nitrogen and oxygen atoms in total. The highest BCUT2D eigenvalue weighted by Gasteiger charge is 2.41. The third kappa shape index (κ3) is 4.34. The molecule has 2 heterocycles. The zero-order chi connectivity index (χ0) is 24.7. The summed E-state index contributed by atoms with van der Waals surface area (Å²) in [7, 11) is 0. The van der Waals surface area contributed by atoms with Gasteiger partial charge in [0.1, 0.15) is 0 Å². The summed E-state index contributed by atoms with van der Waals surface area (Å²) in [5.74, 6) is -3.45. The van der Waals surface area contributed by atoms with Gasteiger partial charge in [0.15, 0.2) is 5.82 Å². The molecule has 0 aliphatic heterocycles. The molecule has 0 bridgehead atoms. The number of rotatable bonds is 4. The lowest BCUT2D eigenvalue weighted by atomic mass is 10.0. The van der Waals surface area contributed by atoms with Crippen molar-refractivity contribution in [3.05, 3.63) is 78.2 Å². The molecular formula is C22H12F6N4O2. The molecule has 2 aromatic carbocycles. The number of para-hydroxylation sites is 1. The Balaban J connectivity index is 2.00. The topological polar surface area (TPSA) is 79.2 Å². The van der Waals surface area contributed by atoms with Gasteiger partial charge in [-0.1, -0.05) is 24.3 Å². The number of nitrogens with zero attached hydrogens (tertiary/aromatic N) is 4. The number of carboxylic acid groups (broad SMARTS) is 1. The summed E-state index contributed by atoms with van der Waals surface area (Å²) in [6.45, 7) is 0. The van der Waals surface area contributed by atoms with Gasteiger partial charge in [-0.25, -0.2) is 19.7 Å². The number of carbonyl (C=O) groups is 1. The molecule has 0 atom stereocenters. The van der Waals surface area contributed by atoms with Gasteiger partial charge in [-0.05, 0) is 36.4 Å². The summed E-state index contributed by atoms with van der Waals surface area (Å²) in [5, 5.41) is 9.15.